The second-order valence-electron chi connectivity index (χ2n) is 7.42. The highest BCUT2D eigenvalue weighted by molar-refractivity contribution is 5.76. The predicted molar refractivity (Wildman–Crippen MR) is 108 cm³/mol. The summed E-state index contributed by atoms with van der Waals surface area (Å²) < 4.78 is 11.4. The van der Waals surface area contributed by atoms with Gasteiger partial charge in [-0.05, 0) is 23.3 Å². The zero-order valence-corrected chi connectivity index (χ0v) is 16.8. The van der Waals surface area contributed by atoms with Crippen molar-refractivity contribution in [3.8, 4) is 11.5 Å². The molecule has 1 heterocycles. The van der Waals surface area contributed by atoms with Gasteiger partial charge in [0.25, 0.3) is 5.91 Å². The average molecular weight is 386 g/mol. The fourth-order valence-electron chi connectivity index (χ4n) is 3.37. The summed E-state index contributed by atoms with van der Waals surface area (Å²) in [5.41, 5.74) is 2.10. The molecule has 0 unspecified atom stereocenters. The van der Waals surface area contributed by atoms with Crippen molar-refractivity contribution in [1.29, 1.82) is 0 Å². The molecule has 150 valence electrons. The molecule has 6 nitrogen and oxygen atoms in total. The monoisotopic (exact) mass is 385 g/mol. The molecule has 1 fully saturated rings. The van der Waals surface area contributed by atoms with E-state index < -0.39 is 0 Å². The minimum Gasteiger partial charge on any atom is -0.493 e. The van der Waals surface area contributed by atoms with E-state index in [0.29, 0.717) is 31.2 Å². The van der Waals surface area contributed by atoms with Gasteiger partial charge in [0.2, 0.25) is 0 Å². The van der Waals surface area contributed by atoms with E-state index in [0.717, 1.165) is 37.3 Å². The number of nitrogens with one attached hydrogen (secondary N) is 3. The molecular weight excluding hydrogens is 354 g/mol. The van der Waals surface area contributed by atoms with Crippen molar-refractivity contribution in [1.82, 2.24) is 5.32 Å². The summed E-state index contributed by atoms with van der Waals surface area (Å²) in [4.78, 5) is 15.2. The van der Waals surface area contributed by atoms with Crippen LogP contribution in [-0.4, -0.2) is 52.8 Å². The van der Waals surface area contributed by atoms with Gasteiger partial charge in [0.05, 0.1) is 14.2 Å². The topological polar surface area (TPSA) is 56.4 Å². The molecule has 0 aliphatic carbocycles. The summed E-state index contributed by atoms with van der Waals surface area (Å²) in [6.45, 7) is 5.90. The number of carbonyl (C=O) groups excluding carboxylic acids is 1. The maximum atomic E-state index is 12.3. The molecule has 6 heteroatoms. The lowest BCUT2D eigenvalue weighted by Crippen LogP contribution is -3.27. The summed E-state index contributed by atoms with van der Waals surface area (Å²) in [6.07, 6.45) is 0. The molecule has 2 aromatic rings. The molecule has 1 aliphatic rings. The zero-order chi connectivity index (χ0) is 19.8. The summed E-state index contributed by atoms with van der Waals surface area (Å²) in [5.74, 6) is 1.47. The van der Waals surface area contributed by atoms with E-state index in [-0.39, 0.29) is 5.91 Å². The van der Waals surface area contributed by atoms with E-state index >= 15 is 0 Å². The molecule has 3 N–H and O–H groups in total. The van der Waals surface area contributed by atoms with Crippen molar-refractivity contribution in [3.63, 3.8) is 0 Å². The summed E-state index contributed by atoms with van der Waals surface area (Å²) in [5, 5.41) is 3.02. The van der Waals surface area contributed by atoms with Gasteiger partial charge in [-0.1, -0.05) is 36.4 Å². The summed E-state index contributed by atoms with van der Waals surface area (Å²) in [7, 11) is 3.84. The number of hydrogen-bond acceptors (Lipinski definition) is 3. The normalized spacial score (nSPS) is 19.1. The van der Waals surface area contributed by atoms with Gasteiger partial charge in [-0.15, -0.1) is 0 Å². The standard InChI is InChI=1S/C22H29N3O3/c1-24-10-12-25(13-11-24)16-22(26)23-15-19-8-9-20(21(14-19)27-2)28-17-18-6-4-3-5-7-18/h3-9,14H,10-13,15-17H2,1-2H3,(H,23,26)/p+2. The number of benzene rings is 2. The molecule has 3 rings (SSSR count). The largest absolute Gasteiger partial charge is 0.493 e. The van der Waals surface area contributed by atoms with Crippen molar-refractivity contribution in [3.05, 3.63) is 59.7 Å². The fraction of sp³-hybridized carbons (Fsp3) is 0.409. The Morgan fingerprint density at radius 2 is 1.75 bits per heavy atom. The van der Waals surface area contributed by atoms with Crippen LogP contribution in [0.15, 0.2) is 48.5 Å². The number of methoxy groups -OCH3 is 1. The lowest BCUT2D eigenvalue weighted by molar-refractivity contribution is -1.000. The van der Waals surface area contributed by atoms with Crippen molar-refractivity contribution in [2.45, 2.75) is 13.2 Å². The van der Waals surface area contributed by atoms with Crippen molar-refractivity contribution in [2.24, 2.45) is 0 Å². The van der Waals surface area contributed by atoms with Crippen LogP contribution in [0, 0.1) is 0 Å². The molecular formula is C22H31N3O3+2. The molecule has 28 heavy (non-hydrogen) atoms. The smallest absolute Gasteiger partial charge is 0.275 e. The second kappa shape index (κ2) is 10.1. The highest BCUT2D eigenvalue weighted by atomic mass is 16.5. The van der Waals surface area contributed by atoms with Gasteiger partial charge < -0.3 is 24.6 Å². The molecule has 0 aromatic heterocycles. The number of piperazine rings is 1. The molecule has 1 amide bonds. The maximum absolute atomic E-state index is 12.3. The third-order valence-corrected chi connectivity index (χ3v) is 5.18. The van der Waals surface area contributed by atoms with Gasteiger partial charge in [0.1, 0.15) is 32.8 Å². The first-order valence-electron chi connectivity index (χ1n) is 9.89. The van der Waals surface area contributed by atoms with Crippen LogP contribution < -0.4 is 24.6 Å². The van der Waals surface area contributed by atoms with Crippen LogP contribution in [0.2, 0.25) is 0 Å². The molecule has 2 aromatic carbocycles. The molecule has 0 bridgehead atoms. The number of quaternary nitrogens is 2. The number of amides is 1. The van der Waals surface area contributed by atoms with Gasteiger partial charge in [0, 0.05) is 6.54 Å². The Kier molecular flexibility index (Phi) is 7.28. The number of likely N-dealkylation sites (N-methyl/N-ethyl adjacent to an activating group) is 1. The van der Waals surface area contributed by atoms with Crippen molar-refractivity contribution < 1.29 is 24.1 Å². The Morgan fingerprint density at radius 1 is 1.00 bits per heavy atom. The minimum absolute atomic E-state index is 0.0953. The van der Waals surface area contributed by atoms with E-state index in [4.69, 9.17) is 9.47 Å². The van der Waals surface area contributed by atoms with Crippen LogP contribution in [0.5, 0.6) is 11.5 Å². The molecule has 0 atom stereocenters. The number of hydrogen-bond donors (Lipinski definition) is 3. The molecule has 1 saturated heterocycles. The van der Waals surface area contributed by atoms with Crippen molar-refractivity contribution in [2.75, 3.05) is 46.9 Å². The van der Waals surface area contributed by atoms with Crippen LogP contribution in [0.25, 0.3) is 0 Å². The average Bonchev–Trinajstić information content (AvgIpc) is 2.73. The molecule has 0 radical (unpaired) electrons. The van der Waals surface area contributed by atoms with E-state index in [1.54, 1.807) is 12.0 Å². The third kappa shape index (κ3) is 5.97. The minimum atomic E-state index is 0.0953. The Labute approximate surface area is 167 Å². The Bertz CT molecular complexity index is 759. The van der Waals surface area contributed by atoms with E-state index in [1.807, 2.05) is 48.5 Å². The number of carbonyl (C=O) groups is 1. The molecule has 0 spiro atoms. The SMILES string of the molecule is COc1cc(CNC(=O)C[NH+]2CC[NH+](C)CC2)ccc1OCc1ccccc1. The number of ether oxygens (including phenoxy) is 2. The van der Waals surface area contributed by atoms with Crippen LogP contribution in [0.1, 0.15) is 11.1 Å². The fourth-order valence-corrected chi connectivity index (χ4v) is 3.37. The molecule has 0 saturated carbocycles. The summed E-state index contributed by atoms with van der Waals surface area (Å²) in [6, 6.07) is 15.8. The van der Waals surface area contributed by atoms with E-state index in [1.165, 1.54) is 4.90 Å². The lowest BCUT2D eigenvalue weighted by Gasteiger charge is -2.26. The first kappa shape index (κ1) is 20.2. The van der Waals surface area contributed by atoms with Gasteiger partial charge in [0.15, 0.2) is 18.0 Å². The van der Waals surface area contributed by atoms with Gasteiger partial charge >= 0.3 is 0 Å². The highest BCUT2D eigenvalue weighted by Gasteiger charge is 2.22. The van der Waals surface area contributed by atoms with Crippen LogP contribution in [0.3, 0.4) is 0 Å². The Hall–Kier alpha value is -2.57. The third-order valence-electron chi connectivity index (χ3n) is 5.18. The Morgan fingerprint density at radius 3 is 2.46 bits per heavy atom. The first-order chi connectivity index (χ1) is 13.6. The maximum Gasteiger partial charge on any atom is 0.275 e. The van der Waals surface area contributed by atoms with Crippen LogP contribution in [0.4, 0.5) is 0 Å². The lowest BCUT2D eigenvalue weighted by atomic mass is 10.2. The summed E-state index contributed by atoms with van der Waals surface area (Å²) >= 11 is 0. The Balaban J connectivity index is 1.49. The zero-order valence-electron chi connectivity index (χ0n) is 16.8. The number of rotatable bonds is 8. The van der Waals surface area contributed by atoms with Crippen LogP contribution in [-0.2, 0) is 17.9 Å². The second-order valence-corrected chi connectivity index (χ2v) is 7.42. The van der Waals surface area contributed by atoms with Gasteiger partial charge in [-0.3, -0.25) is 4.79 Å². The van der Waals surface area contributed by atoms with E-state index in [2.05, 4.69) is 12.4 Å². The quantitative estimate of drug-likeness (QED) is 0.564. The predicted octanol–water partition coefficient (Wildman–Crippen LogP) is -0.696. The van der Waals surface area contributed by atoms with Gasteiger partial charge in [-0.2, -0.15) is 0 Å². The highest BCUT2D eigenvalue weighted by Crippen LogP contribution is 2.28. The van der Waals surface area contributed by atoms with Crippen molar-refractivity contribution >= 4 is 5.91 Å². The van der Waals surface area contributed by atoms with Crippen LogP contribution >= 0.6 is 0 Å². The van der Waals surface area contributed by atoms with Gasteiger partial charge in [-0.25, -0.2) is 0 Å². The first-order valence-corrected chi connectivity index (χ1v) is 9.89. The van der Waals surface area contributed by atoms with E-state index in [9.17, 15) is 4.79 Å². The molecule has 1 aliphatic heterocycles.